The highest BCUT2D eigenvalue weighted by Crippen LogP contribution is 2.38. The molecular formula is C13H11Cl2N3O. The van der Waals surface area contributed by atoms with Crippen molar-refractivity contribution in [3.8, 4) is 5.75 Å². The fourth-order valence-corrected chi connectivity index (χ4v) is 2.56. The summed E-state index contributed by atoms with van der Waals surface area (Å²) in [5.41, 5.74) is 1.01. The van der Waals surface area contributed by atoms with Gasteiger partial charge in [0.05, 0.1) is 12.2 Å². The first-order valence-corrected chi connectivity index (χ1v) is 6.55. The molecular weight excluding hydrogens is 285 g/mol. The van der Waals surface area contributed by atoms with E-state index in [1.165, 1.54) is 0 Å². The van der Waals surface area contributed by atoms with Gasteiger partial charge >= 0.3 is 0 Å². The number of aromatic nitrogens is 2. The van der Waals surface area contributed by atoms with E-state index in [-0.39, 0.29) is 11.3 Å². The van der Waals surface area contributed by atoms with Crippen molar-refractivity contribution in [2.75, 3.05) is 18.6 Å². The van der Waals surface area contributed by atoms with Crippen LogP contribution in [0.1, 0.15) is 11.6 Å². The smallest absolute Gasteiger partial charge is 0.224 e. The number of halogens is 2. The van der Waals surface area contributed by atoms with Crippen LogP contribution >= 0.6 is 23.2 Å². The van der Waals surface area contributed by atoms with Gasteiger partial charge in [0.2, 0.25) is 5.28 Å². The van der Waals surface area contributed by atoms with Crippen LogP contribution in [0.2, 0.25) is 10.3 Å². The van der Waals surface area contributed by atoms with Crippen molar-refractivity contribution in [3.05, 3.63) is 46.3 Å². The Labute approximate surface area is 120 Å². The Balaban J connectivity index is 2.02. The molecule has 0 amide bonds. The molecule has 1 aromatic heterocycles. The van der Waals surface area contributed by atoms with E-state index in [1.54, 1.807) is 6.20 Å². The highest BCUT2D eigenvalue weighted by atomic mass is 35.5. The van der Waals surface area contributed by atoms with E-state index >= 15 is 0 Å². The third-order valence-corrected chi connectivity index (χ3v) is 3.70. The second-order valence-electron chi connectivity index (χ2n) is 4.29. The summed E-state index contributed by atoms with van der Waals surface area (Å²) < 4.78 is 5.69. The first kappa shape index (κ1) is 12.5. The molecule has 1 aliphatic heterocycles. The second kappa shape index (κ2) is 4.87. The van der Waals surface area contributed by atoms with Crippen LogP contribution in [-0.2, 0) is 0 Å². The van der Waals surface area contributed by atoms with E-state index in [2.05, 4.69) is 9.97 Å². The predicted octanol–water partition coefficient (Wildman–Crippen LogP) is 3.35. The fourth-order valence-electron chi connectivity index (χ4n) is 2.17. The molecule has 1 unspecified atom stereocenters. The summed E-state index contributed by atoms with van der Waals surface area (Å²) in [6, 6.07) is 7.72. The van der Waals surface area contributed by atoms with Crippen molar-refractivity contribution in [1.29, 1.82) is 0 Å². The van der Waals surface area contributed by atoms with Crippen LogP contribution < -0.4 is 9.64 Å². The Morgan fingerprint density at radius 2 is 2.11 bits per heavy atom. The summed E-state index contributed by atoms with van der Waals surface area (Å²) in [5.74, 6) is 1.31. The van der Waals surface area contributed by atoms with Crippen LogP contribution in [0, 0.1) is 0 Å². The zero-order valence-electron chi connectivity index (χ0n) is 10.2. The number of benzene rings is 1. The van der Waals surface area contributed by atoms with Gasteiger partial charge in [0.1, 0.15) is 6.61 Å². The van der Waals surface area contributed by atoms with Crippen LogP contribution in [0.3, 0.4) is 0 Å². The lowest BCUT2D eigenvalue weighted by Gasteiger charge is -2.35. The summed E-state index contributed by atoms with van der Waals surface area (Å²) >= 11 is 12.1. The molecule has 0 N–H and O–H groups in total. The number of likely N-dealkylation sites (N-methyl/N-ethyl adjacent to an activating group) is 1. The third kappa shape index (κ3) is 2.22. The Morgan fingerprint density at radius 3 is 2.89 bits per heavy atom. The average molecular weight is 296 g/mol. The molecule has 2 heterocycles. The van der Waals surface area contributed by atoms with Crippen molar-refractivity contribution in [3.63, 3.8) is 0 Å². The maximum absolute atomic E-state index is 6.24. The van der Waals surface area contributed by atoms with Gasteiger partial charge in [-0.1, -0.05) is 29.8 Å². The molecule has 3 rings (SSSR count). The lowest BCUT2D eigenvalue weighted by atomic mass is 10.1. The van der Waals surface area contributed by atoms with Crippen molar-refractivity contribution in [1.82, 2.24) is 9.97 Å². The van der Waals surface area contributed by atoms with E-state index in [0.717, 1.165) is 5.56 Å². The molecule has 19 heavy (non-hydrogen) atoms. The maximum Gasteiger partial charge on any atom is 0.224 e. The second-order valence-corrected chi connectivity index (χ2v) is 5.03. The molecule has 0 saturated carbocycles. The highest BCUT2D eigenvalue weighted by molar-refractivity contribution is 6.31. The Morgan fingerprint density at radius 1 is 1.32 bits per heavy atom. The molecule has 1 aromatic carbocycles. The average Bonchev–Trinajstić information content (AvgIpc) is 2.41. The van der Waals surface area contributed by atoms with Gasteiger partial charge in [0.15, 0.2) is 11.6 Å². The lowest BCUT2D eigenvalue weighted by Crippen LogP contribution is -2.34. The SMILES string of the molecule is CN1c2nc(Cl)ncc2OCC1c1ccccc1Cl. The van der Waals surface area contributed by atoms with E-state index in [1.807, 2.05) is 36.2 Å². The molecule has 0 fully saturated rings. The molecule has 0 spiro atoms. The Kier molecular flexibility index (Phi) is 3.21. The Bertz CT molecular complexity index is 621. The van der Waals surface area contributed by atoms with Crippen LogP contribution in [0.4, 0.5) is 5.82 Å². The van der Waals surface area contributed by atoms with Crippen LogP contribution in [-0.4, -0.2) is 23.6 Å². The van der Waals surface area contributed by atoms with Crippen molar-refractivity contribution < 1.29 is 4.74 Å². The van der Waals surface area contributed by atoms with Gasteiger partial charge in [-0.15, -0.1) is 0 Å². The van der Waals surface area contributed by atoms with Gasteiger partial charge in [0.25, 0.3) is 0 Å². The molecule has 4 nitrogen and oxygen atoms in total. The zero-order valence-corrected chi connectivity index (χ0v) is 11.7. The Hall–Kier alpha value is -1.52. The fraction of sp³-hybridized carbons (Fsp3) is 0.231. The number of rotatable bonds is 1. The zero-order chi connectivity index (χ0) is 13.4. The summed E-state index contributed by atoms with van der Waals surface area (Å²) in [6.45, 7) is 0.498. The van der Waals surface area contributed by atoms with Crippen molar-refractivity contribution in [2.24, 2.45) is 0 Å². The molecule has 1 aliphatic rings. The molecule has 6 heteroatoms. The number of anilines is 1. The van der Waals surface area contributed by atoms with Gasteiger partial charge in [0, 0.05) is 12.1 Å². The molecule has 0 saturated heterocycles. The molecule has 98 valence electrons. The topological polar surface area (TPSA) is 38.2 Å². The van der Waals surface area contributed by atoms with Gasteiger partial charge < -0.3 is 9.64 Å². The predicted molar refractivity (Wildman–Crippen MR) is 75.1 cm³/mol. The quantitative estimate of drug-likeness (QED) is 0.756. The number of fused-ring (bicyclic) bond motifs is 1. The summed E-state index contributed by atoms with van der Waals surface area (Å²) in [6.07, 6.45) is 1.59. The van der Waals surface area contributed by atoms with Gasteiger partial charge in [-0.2, -0.15) is 4.98 Å². The van der Waals surface area contributed by atoms with Gasteiger partial charge in [-0.25, -0.2) is 4.98 Å². The number of hydrogen-bond donors (Lipinski definition) is 0. The van der Waals surface area contributed by atoms with Crippen LogP contribution in [0.25, 0.3) is 0 Å². The minimum atomic E-state index is 0.00664. The largest absolute Gasteiger partial charge is 0.486 e. The van der Waals surface area contributed by atoms with E-state index in [4.69, 9.17) is 27.9 Å². The maximum atomic E-state index is 6.24. The van der Waals surface area contributed by atoms with Gasteiger partial charge in [-0.05, 0) is 23.2 Å². The van der Waals surface area contributed by atoms with E-state index in [9.17, 15) is 0 Å². The minimum Gasteiger partial charge on any atom is -0.486 e. The van der Waals surface area contributed by atoms with Crippen molar-refractivity contribution >= 4 is 29.0 Å². The lowest BCUT2D eigenvalue weighted by molar-refractivity contribution is 0.265. The van der Waals surface area contributed by atoms with E-state index < -0.39 is 0 Å². The normalized spacial score (nSPS) is 17.8. The summed E-state index contributed by atoms with van der Waals surface area (Å²) in [5, 5.41) is 0.917. The summed E-state index contributed by atoms with van der Waals surface area (Å²) in [4.78, 5) is 10.1. The number of ether oxygens (including phenoxy) is 1. The summed E-state index contributed by atoms with van der Waals surface area (Å²) in [7, 11) is 1.94. The first-order valence-electron chi connectivity index (χ1n) is 5.79. The van der Waals surface area contributed by atoms with Crippen molar-refractivity contribution in [2.45, 2.75) is 6.04 Å². The third-order valence-electron chi connectivity index (χ3n) is 3.17. The first-order chi connectivity index (χ1) is 9.16. The number of hydrogen-bond acceptors (Lipinski definition) is 4. The molecule has 0 aliphatic carbocycles. The monoisotopic (exact) mass is 295 g/mol. The molecule has 2 aromatic rings. The standard InChI is InChI=1S/C13H11Cl2N3O/c1-18-10(8-4-2-3-5-9(8)14)7-19-11-6-16-13(15)17-12(11)18/h2-6,10H,7H2,1H3. The number of nitrogens with zero attached hydrogens (tertiary/aromatic N) is 3. The minimum absolute atomic E-state index is 0.00664. The molecule has 0 bridgehead atoms. The molecule has 1 atom stereocenters. The highest BCUT2D eigenvalue weighted by Gasteiger charge is 2.29. The van der Waals surface area contributed by atoms with E-state index in [0.29, 0.717) is 23.2 Å². The van der Waals surface area contributed by atoms with Crippen LogP contribution in [0.5, 0.6) is 5.75 Å². The van der Waals surface area contributed by atoms with Crippen LogP contribution in [0.15, 0.2) is 30.5 Å². The van der Waals surface area contributed by atoms with Gasteiger partial charge in [-0.3, -0.25) is 0 Å². The molecule has 0 radical (unpaired) electrons.